The fourth-order valence-electron chi connectivity index (χ4n) is 4.99. The van der Waals surface area contributed by atoms with Crippen molar-refractivity contribution in [3.8, 4) is 11.5 Å². The molecular weight excluding hydrogens is 464 g/mol. The molecule has 6 nitrogen and oxygen atoms in total. The smallest absolute Gasteiger partial charge is 0.168 e. The largest absolute Gasteiger partial charge is 0.494 e. The molecule has 0 spiro atoms. The van der Waals surface area contributed by atoms with Crippen LogP contribution in [0.25, 0.3) is 0 Å². The summed E-state index contributed by atoms with van der Waals surface area (Å²) in [6.07, 6.45) is 6.09. The van der Waals surface area contributed by atoms with Gasteiger partial charge in [-0.1, -0.05) is 42.5 Å². The second kappa shape index (κ2) is 14.0. The number of pyridine rings is 1. The molecule has 0 amide bonds. The van der Waals surface area contributed by atoms with Crippen molar-refractivity contribution in [1.29, 1.82) is 0 Å². The third-order valence-corrected chi connectivity index (χ3v) is 6.83. The molecule has 1 saturated carbocycles. The molecule has 0 bridgehead atoms. The molecule has 4 rings (SSSR count). The molecule has 0 aliphatic heterocycles. The summed E-state index contributed by atoms with van der Waals surface area (Å²) in [6.45, 7) is 8.77. The highest BCUT2D eigenvalue weighted by molar-refractivity contribution is 5.59. The highest BCUT2D eigenvalue weighted by atomic mass is 16.7. The molecule has 1 heterocycles. The van der Waals surface area contributed by atoms with Crippen LogP contribution >= 0.6 is 0 Å². The minimum atomic E-state index is 0.240. The van der Waals surface area contributed by atoms with Gasteiger partial charge in [-0.3, -0.25) is 9.82 Å². The normalized spacial score (nSPS) is 17.4. The van der Waals surface area contributed by atoms with E-state index in [1.165, 1.54) is 5.56 Å². The Labute approximate surface area is 221 Å². The van der Waals surface area contributed by atoms with Gasteiger partial charge in [0.1, 0.15) is 17.1 Å². The Balaban J connectivity index is 1.54. The predicted molar refractivity (Wildman–Crippen MR) is 147 cm³/mol. The third kappa shape index (κ3) is 7.24. The Morgan fingerprint density at radius 1 is 0.784 bits per heavy atom. The minimum Gasteiger partial charge on any atom is -0.494 e. The summed E-state index contributed by atoms with van der Waals surface area (Å²) >= 11 is 0. The van der Waals surface area contributed by atoms with E-state index >= 15 is 0 Å². The van der Waals surface area contributed by atoms with Crippen molar-refractivity contribution in [1.82, 2.24) is 4.98 Å². The van der Waals surface area contributed by atoms with E-state index in [4.69, 9.17) is 19.0 Å². The van der Waals surface area contributed by atoms with Crippen molar-refractivity contribution < 1.29 is 19.0 Å². The van der Waals surface area contributed by atoms with Crippen LogP contribution in [0.15, 0.2) is 66.9 Å². The number of aromatic nitrogens is 1. The number of hydrogen-bond acceptors (Lipinski definition) is 6. The SMILES string of the molecule is CCOCc1nccc(N(OCc2ccccc2)[C@H]2CC[C@@H](c3ccc(OCC)cc3)CC2)c1OCC. The molecule has 37 heavy (non-hydrogen) atoms. The van der Waals surface area contributed by atoms with E-state index < -0.39 is 0 Å². The van der Waals surface area contributed by atoms with Crippen molar-refractivity contribution in [3.63, 3.8) is 0 Å². The molecule has 0 unspecified atom stereocenters. The number of nitrogens with zero attached hydrogens (tertiary/aromatic N) is 2. The third-order valence-electron chi connectivity index (χ3n) is 6.83. The lowest BCUT2D eigenvalue weighted by Crippen LogP contribution is -2.38. The van der Waals surface area contributed by atoms with Gasteiger partial charge in [0.25, 0.3) is 0 Å². The van der Waals surface area contributed by atoms with Gasteiger partial charge in [0.2, 0.25) is 0 Å². The van der Waals surface area contributed by atoms with E-state index in [0.29, 0.717) is 39.0 Å². The molecular formula is C31H40N2O4. The monoisotopic (exact) mass is 504 g/mol. The zero-order valence-electron chi connectivity index (χ0n) is 22.4. The van der Waals surface area contributed by atoms with E-state index in [1.807, 2.05) is 51.2 Å². The van der Waals surface area contributed by atoms with Crippen LogP contribution in [0.3, 0.4) is 0 Å². The quantitative estimate of drug-likeness (QED) is 0.232. The van der Waals surface area contributed by atoms with Crippen LogP contribution in [0.5, 0.6) is 11.5 Å². The molecule has 198 valence electrons. The summed E-state index contributed by atoms with van der Waals surface area (Å²) in [6, 6.07) is 21.2. The Kier molecular flexibility index (Phi) is 10.2. The first-order chi connectivity index (χ1) is 18.2. The van der Waals surface area contributed by atoms with Gasteiger partial charge in [-0.15, -0.1) is 0 Å². The standard InChI is InChI=1S/C31H40N2O4/c1-4-34-23-29-31(36-6-3)30(20-21-32-29)33(37-22-24-10-8-7-9-11-24)27-16-12-25(13-17-27)26-14-18-28(19-15-26)35-5-2/h7-11,14-15,18-21,25,27H,4-6,12-13,16-17,22-23H2,1-3H3/t25-,27+. The van der Waals surface area contributed by atoms with Gasteiger partial charge in [-0.25, -0.2) is 5.06 Å². The van der Waals surface area contributed by atoms with Crippen molar-refractivity contribution in [2.45, 2.75) is 71.6 Å². The van der Waals surface area contributed by atoms with Crippen molar-refractivity contribution >= 4 is 5.69 Å². The fraction of sp³-hybridized carbons (Fsp3) is 0.452. The summed E-state index contributed by atoms with van der Waals surface area (Å²) in [5, 5.41) is 2.09. The summed E-state index contributed by atoms with van der Waals surface area (Å²) in [5.41, 5.74) is 4.25. The van der Waals surface area contributed by atoms with E-state index in [-0.39, 0.29) is 6.04 Å². The maximum atomic E-state index is 6.55. The van der Waals surface area contributed by atoms with E-state index in [1.54, 1.807) is 0 Å². The van der Waals surface area contributed by atoms with Gasteiger partial charge in [0.15, 0.2) is 5.75 Å². The number of ether oxygens (including phenoxy) is 3. The Hall–Kier alpha value is -3.09. The first kappa shape index (κ1) is 27.0. The number of rotatable bonds is 13. The Bertz CT molecular complexity index is 1070. The van der Waals surface area contributed by atoms with Crippen LogP contribution in [0.1, 0.15) is 69.2 Å². The van der Waals surface area contributed by atoms with Crippen LogP contribution in [0.2, 0.25) is 0 Å². The van der Waals surface area contributed by atoms with E-state index in [9.17, 15) is 0 Å². The van der Waals surface area contributed by atoms with Crippen LogP contribution in [-0.2, 0) is 22.8 Å². The van der Waals surface area contributed by atoms with Crippen molar-refractivity contribution in [2.24, 2.45) is 0 Å². The number of anilines is 1. The zero-order chi connectivity index (χ0) is 25.9. The van der Waals surface area contributed by atoms with Gasteiger partial charge in [-0.2, -0.15) is 0 Å². The minimum absolute atomic E-state index is 0.240. The first-order valence-electron chi connectivity index (χ1n) is 13.6. The predicted octanol–water partition coefficient (Wildman–Crippen LogP) is 7.08. The average molecular weight is 505 g/mol. The molecule has 2 aromatic carbocycles. The lowest BCUT2D eigenvalue weighted by atomic mass is 9.81. The first-order valence-corrected chi connectivity index (χ1v) is 13.6. The maximum Gasteiger partial charge on any atom is 0.168 e. The van der Waals surface area contributed by atoms with Gasteiger partial charge in [0.05, 0.1) is 32.5 Å². The summed E-state index contributed by atoms with van der Waals surface area (Å²) in [7, 11) is 0. The molecule has 0 atom stereocenters. The van der Waals surface area contributed by atoms with Gasteiger partial charge >= 0.3 is 0 Å². The Morgan fingerprint density at radius 3 is 2.19 bits per heavy atom. The van der Waals surface area contributed by atoms with Gasteiger partial charge in [0, 0.05) is 12.8 Å². The van der Waals surface area contributed by atoms with Crippen LogP contribution in [0, 0.1) is 0 Å². The summed E-state index contributed by atoms with van der Waals surface area (Å²) in [5.74, 6) is 2.23. The van der Waals surface area contributed by atoms with Crippen LogP contribution < -0.4 is 14.5 Å². The molecule has 6 heteroatoms. The second-order valence-corrected chi connectivity index (χ2v) is 9.27. The molecule has 1 aliphatic carbocycles. The highest BCUT2D eigenvalue weighted by Crippen LogP contribution is 2.40. The molecule has 0 radical (unpaired) electrons. The summed E-state index contributed by atoms with van der Waals surface area (Å²) in [4.78, 5) is 11.1. The lowest BCUT2D eigenvalue weighted by molar-refractivity contribution is 0.0607. The number of benzene rings is 2. The van der Waals surface area contributed by atoms with Crippen molar-refractivity contribution in [2.75, 3.05) is 24.9 Å². The fourth-order valence-corrected chi connectivity index (χ4v) is 4.99. The molecule has 1 aromatic heterocycles. The topological polar surface area (TPSA) is 53.1 Å². The van der Waals surface area contributed by atoms with E-state index in [0.717, 1.165) is 54.1 Å². The Morgan fingerprint density at radius 2 is 1.51 bits per heavy atom. The maximum absolute atomic E-state index is 6.55. The second-order valence-electron chi connectivity index (χ2n) is 9.27. The molecule has 1 aliphatic rings. The highest BCUT2D eigenvalue weighted by Gasteiger charge is 2.30. The van der Waals surface area contributed by atoms with Crippen LogP contribution in [-0.4, -0.2) is 30.8 Å². The summed E-state index contributed by atoms with van der Waals surface area (Å²) < 4.78 is 17.5. The number of hydroxylamine groups is 1. The van der Waals surface area contributed by atoms with E-state index in [2.05, 4.69) is 46.4 Å². The van der Waals surface area contributed by atoms with Gasteiger partial charge < -0.3 is 14.2 Å². The molecule has 3 aromatic rings. The van der Waals surface area contributed by atoms with Crippen molar-refractivity contribution in [3.05, 3.63) is 83.7 Å². The molecule has 1 fully saturated rings. The van der Waals surface area contributed by atoms with Crippen LogP contribution in [0.4, 0.5) is 5.69 Å². The lowest BCUT2D eigenvalue weighted by Gasteiger charge is -2.38. The number of hydrogen-bond donors (Lipinski definition) is 0. The molecule has 0 N–H and O–H groups in total. The molecule has 0 saturated heterocycles. The zero-order valence-corrected chi connectivity index (χ0v) is 22.4. The average Bonchev–Trinajstić information content (AvgIpc) is 2.95. The van der Waals surface area contributed by atoms with Gasteiger partial charge in [-0.05, 0) is 81.7 Å².